The van der Waals surface area contributed by atoms with Crippen LogP contribution in [-0.4, -0.2) is 31.7 Å². The molecule has 0 aromatic heterocycles. The van der Waals surface area contributed by atoms with E-state index in [1.54, 1.807) is 42.5 Å². The van der Waals surface area contributed by atoms with Gasteiger partial charge in [-0.3, -0.25) is 9.10 Å². The highest BCUT2D eigenvalue weighted by Crippen LogP contribution is 2.25. The maximum absolute atomic E-state index is 12.2. The Kier molecular flexibility index (Phi) is 3.96. The zero-order valence-corrected chi connectivity index (χ0v) is 13.1. The molecule has 1 aliphatic heterocycles. The molecule has 0 radical (unpaired) electrons. The molecule has 1 saturated heterocycles. The van der Waals surface area contributed by atoms with Crippen molar-refractivity contribution in [2.75, 3.05) is 21.9 Å². The van der Waals surface area contributed by atoms with E-state index in [0.29, 0.717) is 29.9 Å². The summed E-state index contributed by atoms with van der Waals surface area (Å²) < 4.78 is 25.1. The highest BCUT2D eigenvalue weighted by atomic mass is 32.2. The first-order valence-corrected chi connectivity index (χ1v) is 8.78. The molecule has 1 heterocycles. The van der Waals surface area contributed by atoms with Gasteiger partial charge in [0.1, 0.15) is 5.75 Å². The molecule has 23 heavy (non-hydrogen) atoms. The summed E-state index contributed by atoms with van der Waals surface area (Å²) in [5.41, 5.74) is 1.26. The van der Waals surface area contributed by atoms with E-state index >= 15 is 0 Å². The molecule has 1 aliphatic rings. The van der Waals surface area contributed by atoms with Crippen LogP contribution in [0.4, 0.5) is 11.4 Å². The van der Waals surface area contributed by atoms with Crippen molar-refractivity contribution in [1.82, 2.24) is 0 Å². The number of aromatic hydroxyl groups is 1. The number of benzene rings is 2. The second-order valence-corrected chi connectivity index (χ2v) is 7.27. The Bertz CT molecular complexity index is 831. The van der Waals surface area contributed by atoms with Gasteiger partial charge in [0.25, 0.3) is 5.91 Å². The van der Waals surface area contributed by atoms with Gasteiger partial charge < -0.3 is 10.4 Å². The first-order chi connectivity index (χ1) is 11.0. The third kappa shape index (κ3) is 3.14. The smallest absolute Gasteiger partial charge is 0.255 e. The van der Waals surface area contributed by atoms with E-state index < -0.39 is 10.0 Å². The molecule has 0 saturated carbocycles. The minimum absolute atomic E-state index is 0.0133. The fraction of sp³-hybridized carbons (Fsp3) is 0.188. The van der Waals surface area contributed by atoms with Crippen molar-refractivity contribution in [3.8, 4) is 5.75 Å². The lowest BCUT2D eigenvalue weighted by molar-refractivity contribution is 0.102. The first kappa shape index (κ1) is 15.4. The molecule has 1 fully saturated rings. The molecule has 120 valence electrons. The summed E-state index contributed by atoms with van der Waals surface area (Å²) in [6.07, 6.45) is 0.609. The van der Waals surface area contributed by atoms with Crippen LogP contribution in [0.2, 0.25) is 0 Å². The summed E-state index contributed by atoms with van der Waals surface area (Å²) in [6, 6.07) is 12.8. The van der Waals surface area contributed by atoms with Crippen LogP contribution in [-0.2, 0) is 10.0 Å². The number of nitrogens with one attached hydrogen (secondary N) is 1. The van der Waals surface area contributed by atoms with Crippen molar-refractivity contribution in [2.24, 2.45) is 0 Å². The molecule has 2 N–H and O–H groups in total. The van der Waals surface area contributed by atoms with Crippen LogP contribution < -0.4 is 9.62 Å². The minimum atomic E-state index is -3.23. The van der Waals surface area contributed by atoms with E-state index in [9.17, 15) is 18.3 Å². The average Bonchev–Trinajstić information content (AvgIpc) is 2.89. The van der Waals surface area contributed by atoms with Crippen LogP contribution in [0.15, 0.2) is 48.5 Å². The first-order valence-electron chi connectivity index (χ1n) is 7.17. The molecule has 0 aliphatic carbocycles. The summed E-state index contributed by atoms with van der Waals surface area (Å²) in [5.74, 6) is -0.231. The molecular weight excluding hydrogens is 316 g/mol. The minimum Gasteiger partial charge on any atom is -0.506 e. The number of para-hydroxylation sites is 2. The Morgan fingerprint density at radius 3 is 2.39 bits per heavy atom. The normalized spacial score (nSPS) is 16.3. The van der Waals surface area contributed by atoms with Crippen LogP contribution in [0.1, 0.15) is 16.8 Å². The maximum Gasteiger partial charge on any atom is 0.255 e. The summed E-state index contributed by atoms with van der Waals surface area (Å²) >= 11 is 0. The van der Waals surface area contributed by atoms with Gasteiger partial charge in [-0.25, -0.2) is 8.42 Å². The van der Waals surface area contributed by atoms with E-state index in [4.69, 9.17) is 0 Å². The quantitative estimate of drug-likeness (QED) is 0.844. The van der Waals surface area contributed by atoms with E-state index in [-0.39, 0.29) is 17.4 Å². The van der Waals surface area contributed by atoms with E-state index in [1.165, 1.54) is 10.4 Å². The fourth-order valence-electron chi connectivity index (χ4n) is 2.48. The molecule has 6 nitrogen and oxygen atoms in total. The SMILES string of the molecule is O=C(Nc1ccccc1O)c1ccc(N2CCCS2(=O)=O)cc1. The summed E-state index contributed by atoms with van der Waals surface area (Å²) in [6.45, 7) is 0.464. The number of hydrogen-bond acceptors (Lipinski definition) is 4. The number of nitrogens with zero attached hydrogens (tertiary/aromatic N) is 1. The lowest BCUT2D eigenvalue weighted by Crippen LogP contribution is -2.25. The van der Waals surface area contributed by atoms with E-state index in [1.807, 2.05) is 0 Å². The number of phenolic OH excluding ortho intramolecular Hbond substituents is 1. The monoisotopic (exact) mass is 332 g/mol. The van der Waals surface area contributed by atoms with Crippen LogP contribution >= 0.6 is 0 Å². The van der Waals surface area contributed by atoms with Crippen molar-refractivity contribution in [1.29, 1.82) is 0 Å². The highest BCUT2D eigenvalue weighted by Gasteiger charge is 2.28. The zero-order chi connectivity index (χ0) is 16.4. The topological polar surface area (TPSA) is 86.7 Å². The number of anilines is 2. The molecule has 3 rings (SSSR count). The number of rotatable bonds is 3. The van der Waals surface area contributed by atoms with E-state index in [0.717, 1.165) is 0 Å². The zero-order valence-electron chi connectivity index (χ0n) is 12.3. The highest BCUT2D eigenvalue weighted by molar-refractivity contribution is 7.93. The Morgan fingerprint density at radius 1 is 1.09 bits per heavy atom. The molecule has 2 aromatic rings. The van der Waals surface area contributed by atoms with Crippen LogP contribution in [0.3, 0.4) is 0 Å². The summed E-state index contributed by atoms with van der Waals surface area (Å²) in [7, 11) is -3.23. The van der Waals surface area contributed by atoms with Gasteiger partial charge in [-0.2, -0.15) is 0 Å². The van der Waals surface area contributed by atoms with Gasteiger partial charge in [-0.05, 0) is 42.8 Å². The second kappa shape index (κ2) is 5.92. The Balaban J connectivity index is 1.77. The van der Waals surface area contributed by atoms with Gasteiger partial charge in [-0.15, -0.1) is 0 Å². The van der Waals surface area contributed by atoms with Crippen LogP contribution in [0.25, 0.3) is 0 Å². The lowest BCUT2D eigenvalue weighted by Gasteiger charge is -2.17. The number of carbonyl (C=O) groups is 1. The predicted molar refractivity (Wildman–Crippen MR) is 88.3 cm³/mol. The summed E-state index contributed by atoms with van der Waals surface area (Å²) in [4.78, 5) is 12.2. The van der Waals surface area contributed by atoms with Gasteiger partial charge in [-0.1, -0.05) is 12.1 Å². The van der Waals surface area contributed by atoms with Gasteiger partial charge in [0.2, 0.25) is 10.0 Å². The number of phenols is 1. The number of carbonyl (C=O) groups excluding carboxylic acids is 1. The van der Waals surface area contributed by atoms with Crippen molar-refractivity contribution in [3.63, 3.8) is 0 Å². The van der Waals surface area contributed by atoms with Gasteiger partial charge in [0, 0.05) is 12.1 Å². The Labute approximate surface area is 134 Å². The third-order valence-electron chi connectivity index (χ3n) is 3.67. The standard InChI is InChI=1S/C16H16N2O4S/c19-15-5-2-1-4-14(15)17-16(20)12-6-8-13(9-7-12)18-10-3-11-23(18,21)22/h1-2,4-9,19H,3,10-11H2,(H,17,20). The molecule has 0 spiro atoms. The predicted octanol–water partition coefficient (Wildman–Crippen LogP) is 2.18. The van der Waals surface area contributed by atoms with E-state index in [2.05, 4.69) is 5.32 Å². The van der Waals surface area contributed by atoms with Crippen LogP contribution in [0, 0.1) is 0 Å². The van der Waals surface area contributed by atoms with Crippen molar-refractivity contribution in [2.45, 2.75) is 6.42 Å². The summed E-state index contributed by atoms with van der Waals surface area (Å²) in [5, 5.41) is 12.3. The molecule has 1 amide bonds. The molecule has 2 aromatic carbocycles. The van der Waals surface area contributed by atoms with Gasteiger partial charge in [0.15, 0.2) is 0 Å². The maximum atomic E-state index is 12.2. The Morgan fingerprint density at radius 2 is 1.78 bits per heavy atom. The molecule has 7 heteroatoms. The van der Waals surface area contributed by atoms with Gasteiger partial charge in [0.05, 0.1) is 17.1 Å². The van der Waals surface area contributed by atoms with Crippen molar-refractivity contribution < 1.29 is 18.3 Å². The number of hydrogen-bond donors (Lipinski definition) is 2. The lowest BCUT2D eigenvalue weighted by atomic mass is 10.2. The average molecular weight is 332 g/mol. The number of amides is 1. The molecule has 0 bridgehead atoms. The van der Waals surface area contributed by atoms with Crippen LogP contribution in [0.5, 0.6) is 5.75 Å². The Hall–Kier alpha value is -2.54. The third-order valence-corrected chi connectivity index (χ3v) is 5.54. The fourth-order valence-corrected chi connectivity index (χ4v) is 4.05. The number of sulfonamides is 1. The second-order valence-electron chi connectivity index (χ2n) is 5.26. The van der Waals surface area contributed by atoms with Crippen molar-refractivity contribution in [3.05, 3.63) is 54.1 Å². The molecule has 0 unspecified atom stereocenters. The van der Waals surface area contributed by atoms with Gasteiger partial charge >= 0.3 is 0 Å². The van der Waals surface area contributed by atoms with Crippen molar-refractivity contribution >= 4 is 27.3 Å². The largest absolute Gasteiger partial charge is 0.506 e. The molecule has 0 atom stereocenters. The molecular formula is C16H16N2O4S.